The first-order valence-electron chi connectivity index (χ1n) is 26.2. The standard InChI is InChI=1S/C56H78N5O16P/c1-35(2)61(36(3)4)78(73-31-29-57-9)77-50-41(33-72-56(42-18-14-13-15-19-42,43-20-24-45(67-10)25-21-43)44-22-26-46(68-11)27-23-44)32-47(51(50)69-12)60-55(66)58-28-16-17-30-70-54-49(59-37(5)62)53(75-40(8)65)52(74-39(7)64)48(76-54)34-71-38(6)63/h13-15,18-27,35-36,41,47-54H,16-17,28-34H2,1-8,10-12H3,(H,59,62)(H2,58,60,66)/t41-,47-,48-,49-,50?,51-,52+,53-,54-,78?/m1/s1. The first-order valence-corrected chi connectivity index (χ1v) is 27.3. The van der Waals surface area contributed by atoms with Gasteiger partial charge < -0.3 is 72.5 Å². The van der Waals surface area contributed by atoms with Crippen molar-refractivity contribution in [3.05, 3.63) is 107 Å². The number of urea groups is 1. The van der Waals surface area contributed by atoms with Gasteiger partial charge in [-0.15, -0.1) is 0 Å². The van der Waals surface area contributed by atoms with Crippen LogP contribution < -0.4 is 25.4 Å². The first-order chi connectivity index (χ1) is 37.4. The van der Waals surface area contributed by atoms with Gasteiger partial charge in [0.1, 0.15) is 48.6 Å². The Balaban J connectivity index is 1.38. The molecule has 10 atom stereocenters. The van der Waals surface area contributed by atoms with Gasteiger partial charge in [-0.1, -0.05) is 54.6 Å². The summed E-state index contributed by atoms with van der Waals surface area (Å²) in [5.41, 5.74) is 1.40. The van der Waals surface area contributed by atoms with E-state index in [0.29, 0.717) is 30.8 Å². The molecule has 3 N–H and O–H groups in total. The Morgan fingerprint density at radius 2 is 1.32 bits per heavy atom. The predicted octanol–water partition coefficient (Wildman–Crippen LogP) is 6.83. The molecule has 1 aliphatic carbocycles. The molecule has 0 bridgehead atoms. The van der Waals surface area contributed by atoms with Crippen molar-refractivity contribution in [1.82, 2.24) is 20.6 Å². The summed E-state index contributed by atoms with van der Waals surface area (Å²) < 4.78 is 69.1. The average Bonchev–Trinajstić information content (AvgIpc) is 3.80. The van der Waals surface area contributed by atoms with E-state index in [1.54, 1.807) is 21.3 Å². The second kappa shape index (κ2) is 31.0. The van der Waals surface area contributed by atoms with Gasteiger partial charge in [0.2, 0.25) is 12.5 Å². The number of benzene rings is 3. The zero-order valence-electron chi connectivity index (χ0n) is 46.6. The molecule has 0 radical (unpaired) electrons. The van der Waals surface area contributed by atoms with Gasteiger partial charge in [0.15, 0.2) is 18.5 Å². The molecule has 2 unspecified atom stereocenters. The van der Waals surface area contributed by atoms with Gasteiger partial charge in [-0.3, -0.25) is 19.2 Å². The second-order valence-corrected chi connectivity index (χ2v) is 20.8. The highest BCUT2D eigenvalue weighted by Crippen LogP contribution is 2.51. The lowest BCUT2D eigenvalue weighted by Crippen LogP contribution is -2.66. The second-order valence-electron chi connectivity index (χ2n) is 19.4. The minimum absolute atomic E-state index is 0.0116. The van der Waals surface area contributed by atoms with Crippen LogP contribution >= 0.6 is 8.53 Å². The number of methoxy groups -OCH3 is 3. The molecule has 3 aromatic rings. The molecule has 1 heterocycles. The highest BCUT2D eigenvalue weighted by atomic mass is 31.2. The number of carbonyl (C=O) groups excluding carboxylic acids is 5. The Bertz CT molecular complexity index is 2360. The van der Waals surface area contributed by atoms with Gasteiger partial charge in [-0.25, -0.2) is 16.0 Å². The lowest BCUT2D eigenvalue weighted by molar-refractivity contribution is -0.277. The third-order valence-electron chi connectivity index (χ3n) is 13.1. The normalized spacial score (nSPS) is 22.5. The summed E-state index contributed by atoms with van der Waals surface area (Å²) in [5.74, 6) is -1.59. The van der Waals surface area contributed by atoms with Crippen molar-refractivity contribution in [2.75, 3.05) is 60.8 Å². The SMILES string of the molecule is [C-]#[N+]CCOP(OC1[C@@H](COC(c2ccccc2)(c2ccc(OC)cc2)c2ccc(OC)cc2)C[C@@H](NC(=O)NCCCCO[C@@H]2O[C@H](COC(C)=O)[C@H](OC(C)=O)[C@H](OC(C)=O)[C@H]2NC(C)=O)[C@H]1OC)N(C(C)C)C(C)C. The number of ether oxygens (including phenoxy) is 9. The van der Waals surface area contributed by atoms with Crippen molar-refractivity contribution in [3.8, 4) is 11.5 Å². The molecule has 1 saturated carbocycles. The fourth-order valence-corrected chi connectivity index (χ4v) is 11.6. The van der Waals surface area contributed by atoms with E-state index in [1.165, 1.54) is 20.8 Å². The van der Waals surface area contributed by atoms with E-state index in [1.807, 2.05) is 78.9 Å². The Hall–Kier alpha value is -5.95. The van der Waals surface area contributed by atoms with Gasteiger partial charge in [0.05, 0.1) is 33.0 Å². The van der Waals surface area contributed by atoms with Gasteiger partial charge in [-0.2, -0.15) is 0 Å². The summed E-state index contributed by atoms with van der Waals surface area (Å²) in [7, 11) is 3.07. The maximum atomic E-state index is 13.9. The number of nitrogens with zero attached hydrogens (tertiary/aromatic N) is 2. The average molecular weight is 1110 g/mol. The van der Waals surface area contributed by atoms with E-state index in [0.717, 1.165) is 23.6 Å². The van der Waals surface area contributed by atoms with Crippen LogP contribution in [0.5, 0.6) is 11.5 Å². The van der Waals surface area contributed by atoms with E-state index < -0.39 is 92.9 Å². The fourth-order valence-electron chi connectivity index (χ4n) is 9.82. The van der Waals surface area contributed by atoms with E-state index in [2.05, 4.69) is 53.2 Å². The summed E-state index contributed by atoms with van der Waals surface area (Å²) in [6.07, 6.45) is -4.97. The molecule has 2 fully saturated rings. The van der Waals surface area contributed by atoms with E-state index in [4.69, 9.17) is 58.3 Å². The monoisotopic (exact) mass is 1110 g/mol. The maximum absolute atomic E-state index is 13.9. The van der Waals surface area contributed by atoms with Crippen molar-refractivity contribution in [1.29, 1.82) is 0 Å². The molecule has 2 aliphatic rings. The van der Waals surface area contributed by atoms with Gasteiger partial charge in [0.25, 0.3) is 8.53 Å². The van der Waals surface area contributed by atoms with Crippen molar-refractivity contribution < 1.29 is 75.7 Å². The van der Waals surface area contributed by atoms with Crippen molar-refractivity contribution in [3.63, 3.8) is 0 Å². The van der Waals surface area contributed by atoms with Crippen molar-refractivity contribution in [2.45, 2.75) is 141 Å². The summed E-state index contributed by atoms with van der Waals surface area (Å²) in [5, 5.41) is 8.80. The molecular weight excluding hydrogens is 1030 g/mol. The number of hydrogen-bond acceptors (Lipinski definition) is 17. The Morgan fingerprint density at radius 1 is 0.731 bits per heavy atom. The molecule has 22 heteroatoms. The van der Waals surface area contributed by atoms with E-state index in [-0.39, 0.29) is 57.5 Å². The van der Waals surface area contributed by atoms with Crippen LogP contribution in [-0.2, 0) is 67.0 Å². The minimum atomic E-state index is -1.76. The fraction of sp³-hybridized carbons (Fsp3) is 0.571. The Morgan fingerprint density at radius 3 is 1.85 bits per heavy atom. The predicted molar refractivity (Wildman–Crippen MR) is 288 cm³/mol. The summed E-state index contributed by atoms with van der Waals surface area (Å²) in [6.45, 7) is 20.9. The van der Waals surface area contributed by atoms with E-state index >= 15 is 0 Å². The molecular formula is C56H78N5O16P. The molecule has 5 rings (SSSR count). The van der Waals surface area contributed by atoms with Gasteiger partial charge in [0, 0.05) is 66.0 Å². The summed E-state index contributed by atoms with van der Waals surface area (Å²) in [6, 6.07) is 23.4. The van der Waals surface area contributed by atoms with Gasteiger partial charge >= 0.3 is 23.9 Å². The van der Waals surface area contributed by atoms with Crippen LogP contribution in [0.1, 0.15) is 91.3 Å². The van der Waals surface area contributed by atoms with Crippen LogP contribution in [0.25, 0.3) is 4.85 Å². The molecule has 3 amide bonds. The Labute approximate surface area is 459 Å². The number of nitrogens with one attached hydrogen (secondary N) is 3. The van der Waals surface area contributed by atoms with Crippen LogP contribution in [0.4, 0.5) is 4.79 Å². The molecule has 428 valence electrons. The molecule has 3 aromatic carbocycles. The lowest BCUT2D eigenvalue weighted by Gasteiger charge is -2.44. The van der Waals surface area contributed by atoms with Crippen LogP contribution in [0.15, 0.2) is 78.9 Å². The molecule has 1 aliphatic heterocycles. The van der Waals surface area contributed by atoms with Crippen LogP contribution in [0.3, 0.4) is 0 Å². The molecule has 0 aromatic heterocycles. The first kappa shape index (κ1) is 62.9. The molecule has 0 spiro atoms. The van der Waals surface area contributed by atoms with Crippen LogP contribution in [0, 0.1) is 12.5 Å². The van der Waals surface area contributed by atoms with Gasteiger partial charge in [-0.05, 0) is 87.9 Å². The minimum Gasteiger partial charge on any atom is -0.497 e. The molecule has 21 nitrogen and oxygen atoms in total. The van der Waals surface area contributed by atoms with Crippen molar-refractivity contribution >= 4 is 38.4 Å². The number of amides is 3. The number of esters is 3. The largest absolute Gasteiger partial charge is 0.497 e. The number of hydrogen-bond donors (Lipinski definition) is 3. The summed E-state index contributed by atoms with van der Waals surface area (Å²) >= 11 is 0. The topological polar surface area (TPSA) is 231 Å². The zero-order valence-corrected chi connectivity index (χ0v) is 47.5. The smallest absolute Gasteiger partial charge is 0.315 e. The third-order valence-corrected chi connectivity index (χ3v) is 15.2. The molecule has 78 heavy (non-hydrogen) atoms. The van der Waals surface area contributed by atoms with E-state index in [9.17, 15) is 24.0 Å². The Kier molecular flexibility index (Phi) is 25.0. The lowest BCUT2D eigenvalue weighted by atomic mass is 9.79. The quantitative estimate of drug-likeness (QED) is 0.0161. The third kappa shape index (κ3) is 17.3. The highest BCUT2D eigenvalue weighted by molar-refractivity contribution is 7.44. The highest BCUT2D eigenvalue weighted by Gasteiger charge is 2.52. The molecule has 1 saturated heterocycles. The summed E-state index contributed by atoms with van der Waals surface area (Å²) in [4.78, 5) is 66.1. The van der Waals surface area contributed by atoms with Crippen LogP contribution in [-0.4, -0.2) is 156 Å². The van der Waals surface area contributed by atoms with Crippen LogP contribution in [0.2, 0.25) is 0 Å². The van der Waals surface area contributed by atoms with Crippen molar-refractivity contribution in [2.24, 2.45) is 5.92 Å². The zero-order chi connectivity index (χ0) is 56.9. The maximum Gasteiger partial charge on any atom is 0.315 e. The number of rotatable bonds is 29. The number of unbranched alkanes of at least 4 members (excludes halogenated alkanes) is 1. The number of carbonyl (C=O) groups is 5.